The molecule has 319 valence electrons. The van der Waals surface area contributed by atoms with E-state index in [1.54, 1.807) is 0 Å². The summed E-state index contributed by atoms with van der Waals surface area (Å²) in [7, 11) is -1.13. The molecule has 0 aliphatic rings. The molecule has 0 bridgehead atoms. The zero-order chi connectivity index (χ0) is 46.0. The van der Waals surface area contributed by atoms with Crippen molar-refractivity contribution >= 4 is 127 Å². The maximum absolute atomic E-state index is 5.84. The van der Waals surface area contributed by atoms with Crippen molar-refractivity contribution in [1.82, 2.24) is 15.0 Å². The summed E-state index contributed by atoms with van der Waals surface area (Å²) in [4.78, 5) is 13.5. The predicted molar refractivity (Wildman–Crippen MR) is 279 cm³/mol. The lowest BCUT2D eigenvalue weighted by atomic mass is 10.1. The molecule has 0 spiro atoms. The molecule has 3 aromatic heterocycles. The second-order valence-corrected chi connectivity index (χ2v) is 20.4. The van der Waals surface area contributed by atoms with Crippen LogP contribution in [0.3, 0.4) is 0 Å². The minimum Gasteiger partial charge on any atom is -0.652 e. The highest BCUT2D eigenvalue weighted by atomic mass is 28.3. The van der Waals surface area contributed by atoms with Crippen molar-refractivity contribution < 1.29 is 14.2 Å². The lowest BCUT2D eigenvalue weighted by Gasteiger charge is -2.20. The first kappa shape index (κ1) is 45.8. The van der Waals surface area contributed by atoms with Gasteiger partial charge in [-0.1, -0.05) is 175 Å². The number of hydrogen-bond acceptors (Lipinski definition) is 7. The molecule has 0 fully saturated rings. The molecule has 0 saturated heterocycles. The first-order valence-electron chi connectivity index (χ1n) is 21.9. The van der Waals surface area contributed by atoms with Gasteiger partial charge in [0.05, 0.1) is 0 Å². The zero-order valence-electron chi connectivity index (χ0n) is 37.3. The molecule has 8 aromatic carbocycles. The minimum atomic E-state index is -1.13. The molecule has 7 nitrogen and oxygen atoms in total. The highest BCUT2D eigenvalue weighted by Gasteiger charge is 2.23. The fourth-order valence-electron chi connectivity index (χ4n) is 8.07. The summed E-state index contributed by atoms with van der Waals surface area (Å²) < 4.78 is 22.5. The van der Waals surface area contributed by atoms with Crippen LogP contribution in [0.2, 0.25) is 0 Å². The Bertz CT molecular complexity index is 3300. The summed E-state index contributed by atoms with van der Waals surface area (Å²) in [6.07, 6.45) is 0. The van der Waals surface area contributed by atoms with E-state index in [0.717, 1.165) is 67.0 Å². The third-order valence-corrected chi connectivity index (χ3v) is 15.9. The summed E-state index contributed by atoms with van der Waals surface area (Å²) >= 11 is 0.879. The number of hydrogen-bond donors (Lipinski definition) is 0. The van der Waals surface area contributed by atoms with Crippen molar-refractivity contribution in [2.75, 3.05) is 0 Å². The van der Waals surface area contributed by atoms with Crippen LogP contribution in [0.4, 0.5) is 0 Å². The van der Waals surface area contributed by atoms with Gasteiger partial charge in [0.15, 0.2) is 8.80 Å². The van der Waals surface area contributed by atoms with Crippen LogP contribution in [-0.2, 0) is 2.84 Å². The van der Waals surface area contributed by atoms with Gasteiger partial charge in [-0.3, -0.25) is 0 Å². The number of benzene rings is 8. The van der Waals surface area contributed by atoms with Gasteiger partial charge in [-0.05, 0) is 89.1 Å². The average molecular weight is 931 g/mol. The predicted octanol–water partition coefficient (Wildman–Crippen LogP) is 10.5. The van der Waals surface area contributed by atoms with Crippen LogP contribution in [0.25, 0.3) is 54.3 Å². The molecule has 11 rings (SSSR count). The zero-order valence-corrected chi connectivity index (χ0v) is 41.8. The average Bonchev–Trinajstić information content (AvgIpc) is 3.37. The van der Waals surface area contributed by atoms with Gasteiger partial charge >= 0.3 is 48.4 Å². The van der Waals surface area contributed by atoms with Gasteiger partial charge in [0.25, 0.3) is 0 Å². The molecule has 0 unspecified atom stereocenters. The Hall–Kier alpha value is -6.32. The summed E-state index contributed by atoms with van der Waals surface area (Å²) in [5.41, 5.74) is 5.56. The van der Waals surface area contributed by atoms with E-state index in [0.29, 0.717) is 0 Å². The monoisotopic (exact) mass is 930 g/mol. The fourth-order valence-corrected chi connectivity index (χ4v) is 12.4. The van der Waals surface area contributed by atoms with Crippen LogP contribution in [0.15, 0.2) is 206 Å². The fraction of sp³-hybridized carbons (Fsp3) is 0.0536. The van der Waals surface area contributed by atoms with Crippen LogP contribution in [0, 0.1) is 20.8 Å². The SMILES string of the molecule is Cc1ccc2cccc([O][Al])c2n1.Cc1ccc2cccc([O][Al][O][Al][O]c3cccc4ccc(C)nc34)c2n1.c1ccc([Si](c2cccc3ccccc23)c2cccc3ccccc23)cc1. The van der Waals surface area contributed by atoms with Gasteiger partial charge in [-0.15, -0.1) is 0 Å². The Morgan fingerprint density at radius 1 is 0.373 bits per heavy atom. The van der Waals surface area contributed by atoms with Gasteiger partial charge in [-0.25, -0.2) is 15.0 Å². The Labute approximate surface area is 414 Å². The molecule has 11 aromatic rings. The van der Waals surface area contributed by atoms with Crippen LogP contribution in [0.5, 0.6) is 17.2 Å². The van der Waals surface area contributed by atoms with E-state index in [4.69, 9.17) is 14.2 Å². The smallest absolute Gasteiger partial charge is 0.652 e. The molecule has 5 radical (unpaired) electrons. The van der Waals surface area contributed by atoms with Gasteiger partial charge in [0.2, 0.25) is 0 Å². The Kier molecular flexibility index (Phi) is 15.0. The quantitative estimate of drug-likeness (QED) is 0.0768. The van der Waals surface area contributed by atoms with E-state index >= 15 is 0 Å². The van der Waals surface area contributed by atoms with E-state index in [1.807, 2.05) is 112 Å². The van der Waals surface area contributed by atoms with Crippen LogP contribution >= 0.6 is 0 Å². The molecular formula is C56H43Al3N3O4Si. The van der Waals surface area contributed by atoms with Crippen molar-refractivity contribution in [2.45, 2.75) is 20.8 Å². The van der Waals surface area contributed by atoms with E-state index < -0.39 is 40.6 Å². The van der Waals surface area contributed by atoms with Crippen LogP contribution in [0.1, 0.15) is 17.1 Å². The second-order valence-electron chi connectivity index (χ2n) is 15.8. The van der Waals surface area contributed by atoms with Crippen molar-refractivity contribution in [2.24, 2.45) is 0 Å². The molecule has 0 atom stereocenters. The minimum absolute atomic E-state index is 0.682. The maximum atomic E-state index is 5.84. The highest BCUT2D eigenvalue weighted by Crippen LogP contribution is 2.26. The molecule has 3 heterocycles. The number of para-hydroxylation sites is 3. The summed E-state index contributed by atoms with van der Waals surface area (Å²) in [5, 5.41) is 12.9. The number of rotatable bonds is 10. The number of nitrogens with zero attached hydrogens (tertiary/aromatic N) is 3. The number of aromatic nitrogens is 3. The lowest BCUT2D eigenvalue weighted by molar-refractivity contribution is 0.420. The normalized spacial score (nSPS) is 10.9. The molecule has 0 saturated carbocycles. The molecule has 0 N–H and O–H groups in total. The van der Waals surface area contributed by atoms with Crippen molar-refractivity contribution in [3.8, 4) is 17.2 Å². The topological polar surface area (TPSA) is 75.6 Å². The van der Waals surface area contributed by atoms with Crippen molar-refractivity contribution in [3.05, 3.63) is 223 Å². The van der Waals surface area contributed by atoms with E-state index in [9.17, 15) is 0 Å². The van der Waals surface area contributed by atoms with E-state index in [2.05, 4.69) is 147 Å². The van der Waals surface area contributed by atoms with E-state index in [1.165, 1.54) is 37.1 Å². The van der Waals surface area contributed by atoms with Gasteiger partial charge in [0, 0.05) is 33.2 Å². The lowest BCUT2D eigenvalue weighted by Crippen LogP contribution is -2.52. The van der Waals surface area contributed by atoms with Crippen LogP contribution < -0.4 is 26.9 Å². The number of pyridine rings is 3. The molecular weight excluding hydrogens is 888 g/mol. The molecule has 0 aliphatic heterocycles. The Balaban J connectivity index is 0.000000134. The second kappa shape index (κ2) is 22.0. The third-order valence-electron chi connectivity index (χ3n) is 11.2. The van der Waals surface area contributed by atoms with Crippen molar-refractivity contribution in [3.63, 3.8) is 0 Å². The highest BCUT2D eigenvalue weighted by molar-refractivity contribution is 6.98. The first-order chi connectivity index (χ1) is 32.9. The summed E-state index contributed by atoms with van der Waals surface area (Å²) in [6.45, 7) is 5.91. The number of aryl methyl sites for hydroxylation is 3. The largest absolute Gasteiger partial charge is 0.743 e. The van der Waals surface area contributed by atoms with Gasteiger partial charge < -0.3 is 14.2 Å². The molecule has 0 aliphatic carbocycles. The van der Waals surface area contributed by atoms with Gasteiger partial charge in [-0.2, -0.15) is 0 Å². The number of fused-ring (bicyclic) bond motifs is 5. The summed E-state index contributed by atoms with van der Waals surface area (Å²) in [6, 6.07) is 71.8. The first-order valence-corrected chi connectivity index (χ1v) is 25.8. The molecule has 11 heteroatoms. The van der Waals surface area contributed by atoms with Gasteiger partial charge in [0.1, 0.15) is 33.8 Å². The Morgan fingerprint density at radius 2 is 0.746 bits per heavy atom. The van der Waals surface area contributed by atoms with Crippen LogP contribution in [-0.4, -0.2) is 72.1 Å². The maximum Gasteiger partial charge on any atom is 0.743 e. The standard InChI is InChI=1S/C26H19Si.3C10H9NO.3Al.O/c1-2-14-22(15-3-1)27(25-18-8-12-20-10-4-6-16-23(20)25)26-19-9-13-21-11-5-7-17-24(21)26;3*1-7-5-6-8-3-2-4-9(12)10(8)11-7;;;;/h1-19H;3*2-6,12H,1H3;;;;/q;;;;3*+1;/p-3. The van der Waals surface area contributed by atoms with E-state index in [-0.39, 0.29) is 0 Å². The van der Waals surface area contributed by atoms with Crippen molar-refractivity contribution in [1.29, 1.82) is 0 Å². The molecule has 0 amide bonds. The Morgan fingerprint density at radius 3 is 1.21 bits per heavy atom. The summed E-state index contributed by atoms with van der Waals surface area (Å²) in [5.74, 6) is 2.28. The molecule has 67 heavy (non-hydrogen) atoms. The third kappa shape index (κ3) is 10.9.